The number of carboxylic acids is 1. The first-order valence-electron chi connectivity index (χ1n) is 5.69. The molecule has 0 spiro atoms. The van der Waals surface area contributed by atoms with Crippen LogP contribution in [0, 0.1) is 0 Å². The third kappa shape index (κ3) is 1.31. The van der Waals surface area contributed by atoms with E-state index in [1.165, 1.54) is 0 Å². The lowest BCUT2D eigenvalue weighted by Gasteiger charge is -2.43. The van der Waals surface area contributed by atoms with Gasteiger partial charge in [-0.25, -0.2) is 0 Å². The molecule has 0 aliphatic heterocycles. The first kappa shape index (κ1) is 10.4. The fourth-order valence-electron chi connectivity index (χ4n) is 2.85. The fourth-order valence-corrected chi connectivity index (χ4v) is 2.85. The van der Waals surface area contributed by atoms with Gasteiger partial charge in [0.1, 0.15) is 0 Å². The summed E-state index contributed by atoms with van der Waals surface area (Å²) < 4.78 is 0. The molecule has 1 aliphatic rings. The summed E-state index contributed by atoms with van der Waals surface area (Å²) in [6.45, 7) is 0. The van der Waals surface area contributed by atoms with E-state index in [-0.39, 0.29) is 6.04 Å². The Morgan fingerprint density at radius 2 is 2.18 bits per heavy atom. The quantitative estimate of drug-likeness (QED) is 0.733. The van der Waals surface area contributed by atoms with E-state index in [1.807, 2.05) is 30.5 Å². The van der Waals surface area contributed by atoms with Crippen molar-refractivity contribution in [2.24, 2.45) is 5.73 Å². The normalized spacial score (nSPS) is 27.9. The molecule has 0 amide bonds. The zero-order valence-electron chi connectivity index (χ0n) is 9.31. The van der Waals surface area contributed by atoms with Gasteiger partial charge >= 0.3 is 5.97 Å². The topological polar surface area (TPSA) is 79.1 Å². The van der Waals surface area contributed by atoms with E-state index < -0.39 is 11.4 Å². The minimum Gasteiger partial charge on any atom is -0.481 e. The van der Waals surface area contributed by atoms with E-state index in [4.69, 9.17) is 5.73 Å². The predicted octanol–water partition coefficient (Wildman–Crippen LogP) is 1.61. The highest BCUT2D eigenvalue weighted by molar-refractivity contribution is 5.92. The second-order valence-corrected chi connectivity index (χ2v) is 4.80. The van der Waals surface area contributed by atoms with Crippen LogP contribution < -0.4 is 5.73 Å². The molecule has 3 rings (SSSR count). The molecular formula is C13H14N2O2. The van der Waals surface area contributed by atoms with Crippen molar-refractivity contribution < 1.29 is 9.90 Å². The summed E-state index contributed by atoms with van der Waals surface area (Å²) in [6.07, 6.45) is 2.88. The van der Waals surface area contributed by atoms with E-state index >= 15 is 0 Å². The van der Waals surface area contributed by atoms with Gasteiger partial charge in [-0.1, -0.05) is 12.1 Å². The minimum atomic E-state index is -0.791. The molecule has 1 aromatic heterocycles. The number of benzene rings is 1. The summed E-state index contributed by atoms with van der Waals surface area (Å²) in [7, 11) is 0. The van der Waals surface area contributed by atoms with Crippen LogP contribution in [-0.2, 0) is 10.2 Å². The number of hydrogen-bond donors (Lipinski definition) is 3. The molecule has 0 unspecified atom stereocenters. The maximum atomic E-state index is 11.5. The summed E-state index contributed by atoms with van der Waals surface area (Å²) in [6, 6.07) is 7.67. The van der Waals surface area contributed by atoms with Crippen molar-refractivity contribution in [3.63, 3.8) is 0 Å². The average Bonchev–Trinajstić information content (AvgIpc) is 2.71. The molecule has 88 valence electrons. The van der Waals surface area contributed by atoms with E-state index in [9.17, 15) is 9.90 Å². The molecule has 1 saturated carbocycles. The number of nitrogens with one attached hydrogen (secondary N) is 1. The zero-order valence-corrected chi connectivity index (χ0v) is 9.31. The number of hydrogen-bond acceptors (Lipinski definition) is 2. The number of H-pyrrole nitrogens is 1. The second-order valence-electron chi connectivity index (χ2n) is 4.80. The minimum absolute atomic E-state index is 0.000276. The molecule has 1 fully saturated rings. The first-order valence-corrected chi connectivity index (χ1v) is 5.69. The lowest BCUT2D eigenvalue weighted by atomic mass is 9.61. The lowest BCUT2D eigenvalue weighted by molar-refractivity contribution is -0.148. The van der Waals surface area contributed by atoms with Crippen molar-refractivity contribution >= 4 is 16.9 Å². The summed E-state index contributed by atoms with van der Waals surface area (Å²) in [4.78, 5) is 14.7. The Balaban J connectivity index is 2.20. The highest BCUT2D eigenvalue weighted by Crippen LogP contribution is 2.45. The molecule has 1 aromatic carbocycles. The van der Waals surface area contributed by atoms with Gasteiger partial charge in [-0.05, 0) is 30.5 Å². The number of carboxylic acid groups (broad SMARTS) is 1. The van der Waals surface area contributed by atoms with Crippen LogP contribution in [0.15, 0.2) is 30.5 Å². The van der Waals surface area contributed by atoms with Gasteiger partial charge in [-0.15, -0.1) is 0 Å². The molecule has 1 heterocycles. The van der Waals surface area contributed by atoms with Crippen molar-refractivity contribution in [1.29, 1.82) is 0 Å². The Morgan fingerprint density at radius 1 is 1.41 bits per heavy atom. The van der Waals surface area contributed by atoms with Crippen molar-refractivity contribution in [2.45, 2.75) is 24.3 Å². The Labute approximate surface area is 98.4 Å². The Hall–Kier alpha value is -1.81. The Morgan fingerprint density at radius 3 is 2.82 bits per heavy atom. The van der Waals surface area contributed by atoms with Crippen LogP contribution >= 0.6 is 0 Å². The van der Waals surface area contributed by atoms with Crippen LogP contribution in [0.2, 0.25) is 0 Å². The molecule has 0 saturated heterocycles. The molecule has 2 aromatic rings. The zero-order chi connectivity index (χ0) is 12.0. The standard InChI is InChI=1S/C13H14N2O2/c14-8-6-13(7-8,12(16)17)10-2-1-3-11-9(10)4-5-15-11/h1-5,8,15H,6-7,14H2,(H,16,17). The van der Waals surface area contributed by atoms with Crippen LogP contribution in [0.3, 0.4) is 0 Å². The molecule has 0 bridgehead atoms. The van der Waals surface area contributed by atoms with Gasteiger partial charge in [-0.2, -0.15) is 0 Å². The van der Waals surface area contributed by atoms with Gasteiger partial charge in [0, 0.05) is 23.1 Å². The number of fused-ring (bicyclic) bond motifs is 1. The van der Waals surface area contributed by atoms with E-state index in [1.54, 1.807) is 0 Å². The van der Waals surface area contributed by atoms with Crippen LogP contribution in [0.25, 0.3) is 10.9 Å². The number of aliphatic carboxylic acids is 1. The molecule has 0 radical (unpaired) electrons. The van der Waals surface area contributed by atoms with Gasteiger partial charge in [0.05, 0.1) is 5.41 Å². The van der Waals surface area contributed by atoms with Crippen molar-refractivity contribution in [2.75, 3.05) is 0 Å². The lowest BCUT2D eigenvalue weighted by Crippen LogP contribution is -2.54. The maximum Gasteiger partial charge on any atom is 0.314 e. The molecule has 0 atom stereocenters. The van der Waals surface area contributed by atoms with Gasteiger partial charge < -0.3 is 15.8 Å². The summed E-state index contributed by atoms with van der Waals surface area (Å²) in [5.41, 5.74) is 6.84. The SMILES string of the molecule is NC1CC(C(=O)O)(c2cccc3[nH]ccc23)C1. The number of nitrogens with two attached hydrogens (primary N) is 1. The predicted molar refractivity (Wildman–Crippen MR) is 64.8 cm³/mol. The van der Waals surface area contributed by atoms with Crippen LogP contribution in [0.5, 0.6) is 0 Å². The third-order valence-corrected chi connectivity index (χ3v) is 3.74. The second kappa shape index (κ2) is 3.34. The number of aromatic amines is 1. The molecule has 4 nitrogen and oxygen atoms in total. The van der Waals surface area contributed by atoms with Crippen molar-refractivity contribution in [3.8, 4) is 0 Å². The van der Waals surface area contributed by atoms with E-state index in [0.717, 1.165) is 16.5 Å². The third-order valence-electron chi connectivity index (χ3n) is 3.74. The van der Waals surface area contributed by atoms with Crippen LogP contribution in [-0.4, -0.2) is 22.1 Å². The molecule has 4 N–H and O–H groups in total. The highest BCUT2D eigenvalue weighted by Gasteiger charge is 2.51. The largest absolute Gasteiger partial charge is 0.481 e. The summed E-state index contributed by atoms with van der Waals surface area (Å²) in [5, 5.41) is 10.5. The number of rotatable bonds is 2. The highest BCUT2D eigenvalue weighted by atomic mass is 16.4. The number of aromatic nitrogens is 1. The molecule has 4 heteroatoms. The molecule has 17 heavy (non-hydrogen) atoms. The van der Waals surface area contributed by atoms with Crippen molar-refractivity contribution in [1.82, 2.24) is 4.98 Å². The monoisotopic (exact) mass is 230 g/mol. The number of carbonyl (C=O) groups is 1. The van der Waals surface area contributed by atoms with Gasteiger partial charge in [0.2, 0.25) is 0 Å². The smallest absolute Gasteiger partial charge is 0.314 e. The van der Waals surface area contributed by atoms with Crippen LogP contribution in [0.1, 0.15) is 18.4 Å². The van der Waals surface area contributed by atoms with E-state index in [0.29, 0.717) is 12.8 Å². The van der Waals surface area contributed by atoms with Gasteiger partial charge in [0.15, 0.2) is 0 Å². The fraction of sp³-hybridized carbons (Fsp3) is 0.308. The summed E-state index contributed by atoms with van der Waals surface area (Å²) >= 11 is 0. The average molecular weight is 230 g/mol. The molecular weight excluding hydrogens is 216 g/mol. The summed E-state index contributed by atoms with van der Waals surface area (Å²) in [5.74, 6) is -0.770. The van der Waals surface area contributed by atoms with Crippen molar-refractivity contribution in [3.05, 3.63) is 36.0 Å². The Bertz CT molecular complexity index is 582. The molecule has 1 aliphatic carbocycles. The van der Waals surface area contributed by atoms with Gasteiger partial charge in [-0.3, -0.25) is 4.79 Å². The van der Waals surface area contributed by atoms with Crippen LogP contribution in [0.4, 0.5) is 0 Å². The van der Waals surface area contributed by atoms with Gasteiger partial charge in [0.25, 0.3) is 0 Å². The Kier molecular flexibility index (Phi) is 2.03. The maximum absolute atomic E-state index is 11.5. The first-order chi connectivity index (χ1) is 8.13. The van der Waals surface area contributed by atoms with E-state index in [2.05, 4.69) is 4.98 Å².